The highest BCUT2D eigenvalue weighted by molar-refractivity contribution is 7.99. The predicted octanol–water partition coefficient (Wildman–Crippen LogP) is 6.32. The van der Waals surface area contributed by atoms with Gasteiger partial charge in [0.15, 0.2) is 5.84 Å². The van der Waals surface area contributed by atoms with Crippen molar-refractivity contribution in [1.29, 1.82) is 0 Å². The Bertz CT molecular complexity index is 915. The van der Waals surface area contributed by atoms with E-state index in [1.54, 1.807) is 18.2 Å². The maximum atomic E-state index is 15.0. The molecule has 2 aromatic rings. The number of alkyl halides is 4. The van der Waals surface area contributed by atoms with Crippen molar-refractivity contribution in [2.24, 2.45) is 22.7 Å². The number of nitrogens with zero attached hydrogens (tertiary/aromatic N) is 1. The SMILES string of the molecule is C[C@@H]1CC[C@H](C)[C@H](F)[C@H](Nc2cccc3c(CSC(F)(F)F)c(/C(N)=N/O)sc23)C1. The molecule has 0 amide bonds. The Hall–Kier alpha value is -1.68. The first kappa shape index (κ1) is 23.0. The molecule has 10 heteroatoms. The van der Waals surface area contributed by atoms with Crippen LogP contribution in [0.2, 0.25) is 0 Å². The fraction of sp³-hybridized carbons (Fsp3) is 0.550. The van der Waals surface area contributed by atoms with Gasteiger partial charge in [-0.2, -0.15) is 13.2 Å². The van der Waals surface area contributed by atoms with Crippen LogP contribution in [0, 0.1) is 11.8 Å². The molecule has 0 unspecified atom stereocenters. The molecule has 1 saturated carbocycles. The third-order valence-electron chi connectivity index (χ3n) is 5.58. The van der Waals surface area contributed by atoms with Crippen LogP contribution in [0.4, 0.5) is 23.2 Å². The van der Waals surface area contributed by atoms with E-state index in [4.69, 9.17) is 10.9 Å². The van der Waals surface area contributed by atoms with E-state index in [2.05, 4.69) is 17.4 Å². The molecule has 1 aliphatic rings. The largest absolute Gasteiger partial charge is 0.442 e. The minimum atomic E-state index is -4.40. The van der Waals surface area contributed by atoms with Crippen LogP contribution in [0.5, 0.6) is 0 Å². The van der Waals surface area contributed by atoms with Gasteiger partial charge in [0.25, 0.3) is 0 Å². The van der Waals surface area contributed by atoms with E-state index >= 15 is 4.39 Å². The lowest BCUT2D eigenvalue weighted by molar-refractivity contribution is -0.0329. The topological polar surface area (TPSA) is 70.6 Å². The molecule has 1 heterocycles. The zero-order valence-electron chi connectivity index (χ0n) is 16.7. The van der Waals surface area contributed by atoms with E-state index in [9.17, 15) is 13.2 Å². The van der Waals surface area contributed by atoms with Crippen molar-refractivity contribution in [3.63, 3.8) is 0 Å². The molecule has 3 rings (SSSR count). The third kappa shape index (κ3) is 5.14. The molecule has 0 aliphatic heterocycles. The molecule has 0 radical (unpaired) electrons. The predicted molar refractivity (Wildman–Crippen MR) is 116 cm³/mol. The van der Waals surface area contributed by atoms with Crippen LogP contribution in [0.1, 0.15) is 43.6 Å². The molecule has 1 fully saturated rings. The summed E-state index contributed by atoms with van der Waals surface area (Å²) in [6.07, 6.45) is 1.46. The van der Waals surface area contributed by atoms with Crippen LogP contribution in [0.15, 0.2) is 23.4 Å². The number of thioether (sulfide) groups is 1. The Kier molecular flexibility index (Phi) is 7.06. The molecular formula is C20H25F4N3OS2. The van der Waals surface area contributed by atoms with Crippen molar-refractivity contribution in [1.82, 2.24) is 0 Å². The Morgan fingerprint density at radius 1 is 1.33 bits per heavy atom. The molecule has 30 heavy (non-hydrogen) atoms. The molecule has 0 saturated heterocycles. The van der Waals surface area contributed by atoms with E-state index in [0.29, 0.717) is 33.7 Å². The zero-order valence-corrected chi connectivity index (χ0v) is 18.3. The summed E-state index contributed by atoms with van der Waals surface area (Å²) in [5.41, 5.74) is 2.36. The Balaban J connectivity index is 2.01. The van der Waals surface area contributed by atoms with Gasteiger partial charge in [-0.05, 0) is 53.5 Å². The second-order valence-corrected chi connectivity index (χ2v) is 9.96. The van der Waals surface area contributed by atoms with Crippen LogP contribution in [-0.4, -0.2) is 28.8 Å². The molecule has 1 aliphatic carbocycles. The first-order valence-electron chi connectivity index (χ1n) is 9.74. The summed E-state index contributed by atoms with van der Waals surface area (Å²) < 4.78 is 54.1. The lowest BCUT2D eigenvalue weighted by Gasteiger charge is -2.26. The van der Waals surface area contributed by atoms with Gasteiger partial charge >= 0.3 is 5.51 Å². The average molecular weight is 464 g/mol. The number of fused-ring (bicyclic) bond motifs is 1. The standard InChI is InChI=1S/C20H25F4N3OS2/c1-10-6-7-11(2)16(21)15(8-10)26-14-5-3-4-12-13(9-29-20(22,23)24)18(19(25)27-28)30-17(12)14/h3-5,10-11,15-16,26,28H,6-9H2,1-2H3,(H2,25,27)/t10-,11+,15-,16+/m1/s1. The third-order valence-corrected chi connectivity index (χ3v) is 7.64. The molecule has 4 atom stereocenters. The van der Waals surface area contributed by atoms with Crippen molar-refractivity contribution < 1.29 is 22.8 Å². The van der Waals surface area contributed by atoms with Crippen molar-refractivity contribution in [2.75, 3.05) is 5.32 Å². The van der Waals surface area contributed by atoms with E-state index in [-0.39, 0.29) is 40.2 Å². The Morgan fingerprint density at radius 2 is 2.07 bits per heavy atom. The quantitative estimate of drug-likeness (QED) is 0.121. The smallest absolute Gasteiger partial charge is 0.409 e. The van der Waals surface area contributed by atoms with Gasteiger partial charge in [-0.25, -0.2) is 4.39 Å². The molecule has 166 valence electrons. The van der Waals surface area contributed by atoms with Crippen LogP contribution in [-0.2, 0) is 5.75 Å². The highest BCUT2D eigenvalue weighted by Crippen LogP contribution is 2.42. The maximum absolute atomic E-state index is 15.0. The summed E-state index contributed by atoms with van der Waals surface area (Å²) in [6.45, 7) is 4.01. The summed E-state index contributed by atoms with van der Waals surface area (Å²) in [4.78, 5) is 0.290. The number of thiophene rings is 1. The number of hydrogen-bond donors (Lipinski definition) is 3. The van der Waals surface area contributed by atoms with Gasteiger partial charge in [0, 0.05) is 5.75 Å². The lowest BCUT2D eigenvalue weighted by atomic mass is 9.97. The first-order valence-corrected chi connectivity index (χ1v) is 11.5. The summed E-state index contributed by atoms with van der Waals surface area (Å²) in [5, 5.41) is 16.0. The van der Waals surface area contributed by atoms with Crippen LogP contribution in [0.25, 0.3) is 10.1 Å². The average Bonchev–Trinajstić information content (AvgIpc) is 3.02. The fourth-order valence-electron chi connectivity index (χ4n) is 3.96. The van der Waals surface area contributed by atoms with Crippen LogP contribution >= 0.6 is 23.1 Å². The summed E-state index contributed by atoms with van der Waals surface area (Å²) in [6, 6.07) is 4.85. The normalized spacial score (nSPS) is 26.0. The van der Waals surface area contributed by atoms with Crippen molar-refractivity contribution in [2.45, 2.75) is 56.6 Å². The number of hydrogen-bond acceptors (Lipinski definition) is 5. The number of anilines is 1. The number of amidine groups is 1. The minimum Gasteiger partial charge on any atom is -0.409 e. The van der Waals surface area contributed by atoms with Crippen LogP contribution < -0.4 is 11.1 Å². The van der Waals surface area contributed by atoms with E-state index in [0.717, 1.165) is 24.2 Å². The van der Waals surface area contributed by atoms with Gasteiger partial charge < -0.3 is 16.3 Å². The molecule has 4 N–H and O–H groups in total. The number of benzene rings is 1. The highest BCUT2D eigenvalue weighted by Gasteiger charge is 2.33. The molecule has 1 aromatic heterocycles. The van der Waals surface area contributed by atoms with Gasteiger partial charge in [0.2, 0.25) is 0 Å². The van der Waals surface area contributed by atoms with Gasteiger partial charge in [-0.3, -0.25) is 0 Å². The Labute approximate surface area is 180 Å². The number of oxime groups is 1. The summed E-state index contributed by atoms with van der Waals surface area (Å²) in [7, 11) is 0. The fourth-order valence-corrected chi connectivity index (χ4v) is 5.85. The summed E-state index contributed by atoms with van der Waals surface area (Å²) >= 11 is 0.976. The first-order chi connectivity index (χ1) is 14.1. The maximum Gasteiger partial charge on any atom is 0.442 e. The highest BCUT2D eigenvalue weighted by atomic mass is 32.2. The summed E-state index contributed by atoms with van der Waals surface area (Å²) in [5.74, 6) is -0.289. The Morgan fingerprint density at radius 3 is 2.73 bits per heavy atom. The number of nitrogens with two attached hydrogens (primary N) is 1. The van der Waals surface area contributed by atoms with Gasteiger partial charge in [-0.1, -0.05) is 37.6 Å². The minimum absolute atomic E-state index is 0.0681. The zero-order chi connectivity index (χ0) is 22.1. The second kappa shape index (κ2) is 9.21. The van der Waals surface area contributed by atoms with Gasteiger partial charge in [0.1, 0.15) is 6.17 Å². The number of rotatable bonds is 5. The van der Waals surface area contributed by atoms with Crippen molar-refractivity contribution >= 4 is 44.7 Å². The molecule has 0 spiro atoms. The van der Waals surface area contributed by atoms with Gasteiger partial charge in [0.05, 0.1) is 21.3 Å². The van der Waals surface area contributed by atoms with Gasteiger partial charge in [-0.15, -0.1) is 11.3 Å². The van der Waals surface area contributed by atoms with E-state index in [1.807, 2.05) is 6.92 Å². The number of halogens is 4. The van der Waals surface area contributed by atoms with E-state index < -0.39 is 11.7 Å². The monoisotopic (exact) mass is 463 g/mol. The van der Waals surface area contributed by atoms with Crippen molar-refractivity contribution in [3.05, 3.63) is 28.6 Å². The molecule has 0 bridgehead atoms. The number of nitrogens with one attached hydrogen (secondary N) is 1. The molecule has 4 nitrogen and oxygen atoms in total. The van der Waals surface area contributed by atoms with E-state index in [1.165, 1.54) is 0 Å². The molecular weight excluding hydrogens is 438 g/mol. The lowest BCUT2D eigenvalue weighted by Crippen LogP contribution is -2.34. The second-order valence-electron chi connectivity index (χ2n) is 7.90. The van der Waals surface area contributed by atoms with Crippen LogP contribution in [0.3, 0.4) is 0 Å². The van der Waals surface area contributed by atoms with Crippen molar-refractivity contribution in [3.8, 4) is 0 Å². The molecule has 1 aromatic carbocycles.